The van der Waals surface area contributed by atoms with Crippen LogP contribution in [-0.2, 0) is 12.8 Å². The number of hydrogen-bond acceptors (Lipinski definition) is 13. The molecule has 4 N–H and O–H groups in total. The van der Waals surface area contributed by atoms with Gasteiger partial charge in [-0.2, -0.15) is 9.78 Å². The van der Waals surface area contributed by atoms with Crippen LogP contribution in [0.15, 0.2) is 44.0 Å². The van der Waals surface area contributed by atoms with E-state index in [-0.39, 0.29) is 17.3 Å². The highest BCUT2D eigenvalue weighted by Gasteiger charge is 2.24. The molecule has 0 spiro atoms. The number of aromatic nitrogens is 8. The van der Waals surface area contributed by atoms with Crippen molar-refractivity contribution in [3.63, 3.8) is 0 Å². The number of nitrogens with zero attached hydrogens (tertiary/aromatic N) is 9. The third-order valence-electron chi connectivity index (χ3n) is 3.69. The number of thioether (sulfide) groups is 1. The first-order valence-corrected chi connectivity index (χ1v) is 9.12. The lowest BCUT2D eigenvalue weighted by molar-refractivity contribution is 0.136. The molecule has 150 valence electrons. The predicted molar refractivity (Wildman–Crippen MR) is 98.6 cm³/mol. The molecule has 0 fully saturated rings. The Hall–Kier alpha value is -3.72. The average Bonchev–Trinajstić information content (AvgIpc) is 3.48. The number of aliphatic hydroxyl groups is 1. The lowest BCUT2D eigenvalue weighted by Gasteiger charge is -2.10. The number of furan rings is 1. The number of nitrogen functional groups attached to an aromatic ring is 1. The zero-order valence-corrected chi connectivity index (χ0v) is 15.8. The average molecular weight is 417 g/mol. The first kappa shape index (κ1) is 18.6. The third kappa shape index (κ3) is 3.94. The standard InChI is InChI=1S/C14H15N11O3S/c1-24-7-17-20-14(24)29-6-9-10(13(26)19-16-5-8-3-2-4-27-8)18-23-25(9)12-11(15)21-28-22-12/h2-5,7,13,19,26H,6H2,1H3,(H2,15,21)/b16-5+. The number of nitrogens with one attached hydrogen (secondary N) is 1. The van der Waals surface area contributed by atoms with Crippen LogP contribution in [0.3, 0.4) is 0 Å². The molecule has 0 aliphatic rings. The van der Waals surface area contributed by atoms with Crippen molar-refractivity contribution in [3.8, 4) is 5.82 Å². The van der Waals surface area contributed by atoms with Gasteiger partial charge < -0.3 is 19.8 Å². The molecule has 0 radical (unpaired) electrons. The van der Waals surface area contributed by atoms with Gasteiger partial charge in [-0.1, -0.05) is 17.0 Å². The molecule has 4 rings (SSSR count). The van der Waals surface area contributed by atoms with E-state index >= 15 is 0 Å². The summed E-state index contributed by atoms with van der Waals surface area (Å²) in [5.74, 6) is 1.03. The van der Waals surface area contributed by atoms with Gasteiger partial charge in [0.2, 0.25) is 11.6 Å². The van der Waals surface area contributed by atoms with E-state index in [1.54, 1.807) is 23.0 Å². The van der Waals surface area contributed by atoms with Crippen LogP contribution in [0.25, 0.3) is 5.82 Å². The van der Waals surface area contributed by atoms with Crippen LogP contribution in [0.1, 0.15) is 23.4 Å². The third-order valence-corrected chi connectivity index (χ3v) is 4.73. The molecule has 0 saturated carbocycles. The summed E-state index contributed by atoms with van der Waals surface area (Å²) >= 11 is 1.36. The highest BCUT2D eigenvalue weighted by molar-refractivity contribution is 7.98. The Morgan fingerprint density at radius 3 is 3.00 bits per heavy atom. The largest absolute Gasteiger partial charge is 0.463 e. The maximum Gasteiger partial charge on any atom is 0.243 e. The molecule has 0 saturated heterocycles. The molecule has 4 heterocycles. The van der Waals surface area contributed by atoms with Crippen molar-refractivity contribution in [1.29, 1.82) is 0 Å². The van der Waals surface area contributed by atoms with Crippen molar-refractivity contribution >= 4 is 23.8 Å². The van der Waals surface area contributed by atoms with E-state index in [0.29, 0.717) is 22.4 Å². The van der Waals surface area contributed by atoms with Crippen molar-refractivity contribution in [1.82, 2.24) is 45.5 Å². The van der Waals surface area contributed by atoms with E-state index in [9.17, 15) is 5.11 Å². The molecule has 0 aromatic carbocycles. The zero-order valence-electron chi connectivity index (χ0n) is 14.9. The van der Waals surface area contributed by atoms with E-state index in [0.717, 1.165) is 0 Å². The number of aryl methyl sites for hydroxylation is 1. The van der Waals surface area contributed by atoms with Gasteiger partial charge in [-0.15, -0.1) is 15.3 Å². The lowest BCUT2D eigenvalue weighted by atomic mass is 10.3. The fraction of sp³-hybridized carbons (Fsp3) is 0.214. The minimum Gasteiger partial charge on any atom is -0.463 e. The molecule has 1 unspecified atom stereocenters. The van der Waals surface area contributed by atoms with Crippen LogP contribution in [0.4, 0.5) is 5.82 Å². The van der Waals surface area contributed by atoms with Crippen LogP contribution < -0.4 is 11.2 Å². The molecule has 0 aliphatic heterocycles. The molecular formula is C14H15N11O3S. The summed E-state index contributed by atoms with van der Waals surface area (Å²) in [7, 11) is 1.82. The Morgan fingerprint density at radius 1 is 1.41 bits per heavy atom. The van der Waals surface area contributed by atoms with E-state index in [1.165, 1.54) is 28.9 Å². The van der Waals surface area contributed by atoms with E-state index in [2.05, 4.69) is 46.0 Å². The fourth-order valence-corrected chi connectivity index (χ4v) is 3.19. The first-order chi connectivity index (χ1) is 14.1. The minimum absolute atomic E-state index is 0.0321. The Labute approximate surface area is 166 Å². The molecule has 29 heavy (non-hydrogen) atoms. The Morgan fingerprint density at radius 2 is 2.31 bits per heavy atom. The first-order valence-electron chi connectivity index (χ1n) is 8.13. The van der Waals surface area contributed by atoms with Crippen LogP contribution in [0.2, 0.25) is 0 Å². The van der Waals surface area contributed by atoms with Gasteiger partial charge in [0.15, 0.2) is 11.4 Å². The SMILES string of the molecule is Cn1cnnc1SCc1c(C(O)N/N=C/c2ccco2)nnn1-c1nonc1N. The van der Waals surface area contributed by atoms with Crippen molar-refractivity contribution in [2.45, 2.75) is 17.1 Å². The maximum atomic E-state index is 10.5. The summed E-state index contributed by atoms with van der Waals surface area (Å²) in [6.07, 6.45) is 3.26. The van der Waals surface area contributed by atoms with Crippen molar-refractivity contribution in [3.05, 3.63) is 41.9 Å². The van der Waals surface area contributed by atoms with Gasteiger partial charge in [-0.05, 0) is 22.4 Å². The Kier molecular flexibility index (Phi) is 5.21. The summed E-state index contributed by atoms with van der Waals surface area (Å²) in [5, 5.41) is 38.3. The molecule has 14 nitrogen and oxygen atoms in total. The summed E-state index contributed by atoms with van der Waals surface area (Å²) in [6.45, 7) is 0. The molecule has 0 amide bonds. The zero-order chi connectivity index (χ0) is 20.2. The number of aliphatic hydroxyl groups excluding tert-OH is 1. The van der Waals surface area contributed by atoms with Gasteiger partial charge in [0.05, 0.1) is 18.2 Å². The molecule has 4 aromatic heterocycles. The second kappa shape index (κ2) is 8.11. The monoisotopic (exact) mass is 417 g/mol. The Balaban J connectivity index is 1.59. The number of nitrogens with two attached hydrogens (primary N) is 1. The molecule has 1 atom stereocenters. The molecule has 0 aliphatic carbocycles. The maximum absolute atomic E-state index is 10.5. The van der Waals surface area contributed by atoms with Crippen molar-refractivity contribution in [2.24, 2.45) is 12.1 Å². The number of hydrazone groups is 1. The number of rotatable bonds is 8. The molecule has 4 aromatic rings. The van der Waals surface area contributed by atoms with Crippen LogP contribution in [-0.4, -0.2) is 51.4 Å². The topological polar surface area (TPSA) is 184 Å². The molecule has 15 heteroatoms. The second-order valence-corrected chi connectivity index (χ2v) is 6.57. The molecule has 0 bridgehead atoms. The summed E-state index contributed by atoms with van der Waals surface area (Å²) in [4.78, 5) is 0. The van der Waals surface area contributed by atoms with Gasteiger partial charge in [0.1, 0.15) is 17.8 Å². The lowest BCUT2D eigenvalue weighted by Crippen LogP contribution is -2.18. The van der Waals surface area contributed by atoms with Gasteiger partial charge in [0, 0.05) is 12.8 Å². The predicted octanol–water partition coefficient (Wildman–Crippen LogP) is -0.139. The number of hydrogen-bond donors (Lipinski definition) is 3. The van der Waals surface area contributed by atoms with Gasteiger partial charge in [0.25, 0.3) is 0 Å². The highest BCUT2D eigenvalue weighted by atomic mass is 32.2. The fourth-order valence-electron chi connectivity index (χ4n) is 2.30. The number of anilines is 1. The van der Waals surface area contributed by atoms with E-state index in [1.807, 2.05) is 7.05 Å². The van der Waals surface area contributed by atoms with Gasteiger partial charge in [-0.3, -0.25) is 5.43 Å². The van der Waals surface area contributed by atoms with E-state index in [4.69, 9.17) is 10.2 Å². The summed E-state index contributed by atoms with van der Waals surface area (Å²) < 4.78 is 12.9. The van der Waals surface area contributed by atoms with Gasteiger partial charge >= 0.3 is 0 Å². The summed E-state index contributed by atoms with van der Waals surface area (Å²) in [6, 6.07) is 3.44. The summed E-state index contributed by atoms with van der Waals surface area (Å²) in [5.41, 5.74) is 9.06. The smallest absolute Gasteiger partial charge is 0.243 e. The van der Waals surface area contributed by atoms with E-state index < -0.39 is 6.23 Å². The molecular weight excluding hydrogens is 402 g/mol. The van der Waals surface area contributed by atoms with Gasteiger partial charge in [-0.25, -0.2) is 4.63 Å². The van der Waals surface area contributed by atoms with Crippen LogP contribution in [0.5, 0.6) is 0 Å². The minimum atomic E-state index is -1.26. The van der Waals surface area contributed by atoms with Crippen molar-refractivity contribution < 1.29 is 14.2 Å². The quantitative estimate of drug-likeness (QED) is 0.149. The normalized spacial score (nSPS) is 12.6. The highest BCUT2D eigenvalue weighted by Crippen LogP contribution is 2.26. The second-order valence-electron chi connectivity index (χ2n) is 5.62. The Bertz CT molecular complexity index is 1100. The van der Waals surface area contributed by atoms with Crippen LogP contribution in [0, 0.1) is 0 Å². The van der Waals surface area contributed by atoms with Crippen LogP contribution >= 0.6 is 11.8 Å². The van der Waals surface area contributed by atoms with Crippen molar-refractivity contribution in [2.75, 3.05) is 5.73 Å².